The molecule has 0 aromatic carbocycles. The number of rotatable bonds is 2. The van der Waals surface area contributed by atoms with Gasteiger partial charge in [0.15, 0.2) is 0 Å². The molecule has 0 aliphatic carbocycles. The highest BCUT2D eigenvalue weighted by atomic mass is 32.1. The maximum atomic E-state index is 12.4. The Morgan fingerprint density at radius 3 is 3.00 bits per heavy atom. The van der Waals surface area contributed by atoms with Crippen LogP contribution in [0.3, 0.4) is 0 Å². The largest absolute Gasteiger partial charge is 0.338 e. The highest BCUT2D eigenvalue weighted by molar-refractivity contribution is 7.08. The van der Waals surface area contributed by atoms with Crippen molar-refractivity contribution in [2.45, 2.75) is 25.7 Å². The van der Waals surface area contributed by atoms with E-state index in [9.17, 15) is 4.79 Å². The Bertz CT molecular complexity index is 603. The molecule has 1 amide bonds. The van der Waals surface area contributed by atoms with Gasteiger partial charge in [0.2, 0.25) is 0 Å². The van der Waals surface area contributed by atoms with E-state index in [1.54, 1.807) is 11.3 Å². The van der Waals surface area contributed by atoms with Gasteiger partial charge in [-0.05, 0) is 31.2 Å². The van der Waals surface area contributed by atoms with E-state index >= 15 is 0 Å². The van der Waals surface area contributed by atoms with Crippen LogP contribution in [0.25, 0.3) is 0 Å². The molecule has 0 saturated carbocycles. The van der Waals surface area contributed by atoms with Crippen LogP contribution in [-0.4, -0.2) is 33.4 Å². The van der Waals surface area contributed by atoms with Crippen LogP contribution in [0.15, 0.2) is 23.0 Å². The summed E-state index contributed by atoms with van der Waals surface area (Å²) >= 11 is 1.57. The zero-order valence-corrected chi connectivity index (χ0v) is 12.7. The predicted molar refractivity (Wildman–Crippen MR) is 80.1 cm³/mol. The number of carbonyl (C=O) groups excluding carboxylic acids is 1. The lowest BCUT2D eigenvalue weighted by atomic mass is 9.96. The lowest BCUT2D eigenvalue weighted by Gasteiger charge is -2.32. The number of thiophene rings is 1. The minimum Gasteiger partial charge on any atom is -0.338 e. The number of likely N-dealkylation sites (tertiary alicyclic amines) is 1. The smallest absolute Gasteiger partial charge is 0.254 e. The summed E-state index contributed by atoms with van der Waals surface area (Å²) in [6.07, 6.45) is 4.21. The second-order valence-electron chi connectivity index (χ2n) is 5.45. The number of aryl methyl sites for hydroxylation is 2. The fourth-order valence-electron chi connectivity index (χ4n) is 2.96. The van der Waals surface area contributed by atoms with Crippen LogP contribution in [0.1, 0.15) is 40.6 Å². The lowest BCUT2D eigenvalue weighted by Crippen LogP contribution is -2.39. The van der Waals surface area contributed by atoms with Crippen LogP contribution in [-0.2, 0) is 7.05 Å². The van der Waals surface area contributed by atoms with Crippen molar-refractivity contribution in [2.75, 3.05) is 13.1 Å². The van der Waals surface area contributed by atoms with Crippen molar-refractivity contribution < 1.29 is 4.79 Å². The molecule has 0 bridgehead atoms. The van der Waals surface area contributed by atoms with Crippen molar-refractivity contribution in [1.82, 2.24) is 14.5 Å². The molecule has 0 spiro atoms. The predicted octanol–water partition coefficient (Wildman–Crippen LogP) is 2.81. The standard InChI is InChI=1S/C15H19N3OS/c1-11-8-17(2)14(16-11)12-4-3-6-18(9-12)15(19)13-5-7-20-10-13/h5,7-8,10,12H,3-4,6,9H2,1-2H3/t12-/m0/s1. The molecule has 0 radical (unpaired) electrons. The van der Waals surface area contributed by atoms with Gasteiger partial charge >= 0.3 is 0 Å². The van der Waals surface area contributed by atoms with Gasteiger partial charge < -0.3 is 9.47 Å². The number of carbonyl (C=O) groups is 1. The Morgan fingerprint density at radius 1 is 1.50 bits per heavy atom. The summed E-state index contributed by atoms with van der Waals surface area (Å²) in [6.45, 7) is 3.65. The Morgan fingerprint density at radius 2 is 2.35 bits per heavy atom. The number of hydrogen-bond acceptors (Lipinski definition) is 3. The molecule has 4 nitrogen and oxygen atoms in total. The number of hydrogen-bond donors (Lipinski definition) is 0. The minimum atomic E-state index is 0.155. The normalized spacial score (nSPS) is 19.3. The molecule has 5 heteroatoms. The first kappa shape index (κ1) is 13.4. The van der Waals surface area contributed by atoms with Gasteiger partial charge in [-0.15, -0.1) is 0 Å². The molecule has 106 valence electrons. The van der Waals surface area contributed by atoms with E-state index in [1.807, 2.05) is 35.7 Å². The molecule has 1 saturated heterocycles. The second-order valence-corrected chi connectivity index (χ2v) is 6.23. The van der Waals surface area contributed by atoms with Gasteiger partial charge in [-0.25, -0.2) is 4.98 Å². The summed E-state index contributed by atoms with van der Waals surface area (Å²) in [5, 5.41) is 3.88. The molecule has 1 atom stereocenters. The van der Waals surface area contributed by atoms with Crippen molar-refractivity contribution in [3.63, 3.8) is 0 Å². The maximum Gasteiger partial charge on any atom is 0.254 e. The van der Waals surface area contributed by atoms with Crippen molar-refractivity contribution in [2.24, 2.45) is 7.05 Å². The van der Waals surface area contributed by atoms with E-state index in [1.165, 1.54) is 0 Å². The van der Waals surface area contributed by atoms with Crippen molar-refractivity contribution >= 4 is 17.2 Å². The average Bonchev–Trinajstić information content (AvgIpc) is 3.08. The van der Waals surface area contributed by atoms with E-state index < -0.39 is 0 Å². The Labute approximate surface area is 123 Å². The van der Waals surface area contributed by atoms with Crippen LogP contribution in [0, 0.1) is 6.92 Å². The number of amides is 1. The van der Waals surface area contributed by atoms with Crippen LogP contribution >= 0.6 is 11.3 Å². The van der Waals surface area contributed by atoms with Crippen molar-refractivity contribution in [3.05, 3.63) is 40.1 Å². The van der Waals surface area contributed by atoms with Crippen LogP contribution < -0.4 is 0 Å². The van der Waals surface area contributed by atoms with E-state index in [-0.39, 0.29) is 5.91 Å². The molecule has 0 N–H and O–H groups in total. The third kappa shape index (κ3) is 2.50. The van der Waals surface area contributed by atoms with Gasteiger partial charge in [0.05, 0.1) is 11.3 Å². The molecular formula is C15H19N3OS. The van der Waals surface area contributed by atoms with Gasteiger partial charge in [-0.3, -0.25) is 4.79 Å². The molecule has 3 rings (SSSR count). The van der Waals surface area contributed by atoms with Gasteiger partial charge in [-0.2, -0.15) is 11.3 Å². The summed E-state index contributed by atoms with van der Waals surface area (Å²) in [6, 6.07) is 1.90. The second kappa shape index (κ2) is 5.40. The molecular weight excluding hydrogens is 270 g/mol. The molecule has 1 aliphatic rings. The topological polar surface area (TPSA) is 38.1 Å². The zero-order valence-electron chi connectivity index (χ0n) is 11.9. The van der Waals surface area contributed by atoms with Gasteiger partial charge in [0.1, 0.15) is 5.82 Å². The third-order valence-corrected chi connectivity index (χ3v) is 4.56. The minimum absolute atomic E-state index is 0.155. The molecule has 3 heterocycles. The lowest BCUT2D eigenvalue weighted by molar-refractivity contribution is 0.0704. The Hall–Kier alpha value is -1.62. The quantitative estimate of drug-likeness (QED) is 0.852. The van der Waals surface area contributed by atoms with E-state index in [4.69, 9.17) is 0 Å². The highest BCUT2D eigenvalue weighted by Crippen LogP contribution is 2.27. The number of nitrogens with zero attached hydrogens (tertiary/aromatic N) is 3. The summed E-state index contributed by atoms with van der Waals surface area (Å²) in [5.74, 6) is 1.61. The Kier molecular flexibility index (Phi) is 3.61. The molecule has 1 fully saturated rings. The number of aromatic nitrogens is 2. The van der Waals surface area contributed by atoms with Crippen LogP contribution in [0.5, 0.6) is 0 Å². The molecule has 2 aromatic rings. The van der Waals surface area contributed by atoms with Gasteiger partial charge in [0, 0.05) is 37.6 Å². The first-order chi connectivity index (χ1) is 9.65. The van der Waals surface area contributed by atoms with Gasteiger partial charge in [0.25, 0.3) is 5.91 Å². The van der Waals surface area contributed by atoms with Crippen molar-refractivity contribution in [3.8, 4) is 0 Å². The number of imidazole rings is 1. The van der Waals surface area contributed by atoms with E-state index in [2.05, 4.69) is 15.7 Å². The van der Waals surface area contributed by atoms with Gasteiger partial charge in [-0.1, -0.05) is 0 Å². The monoisotopic (exact) mass is 289 g/mol. The third-order valence-electron chi connectivity index (χ3n) is 3.87. The summed E-state index contributed by atoms with van der Waals surface area (Å²) in [5.41, 5.74) is 1.86. The molecule has 2 aromatic heterocycles. The average molecular weight is 289 g/mol. The van der Waals surface area contributed by atoms with Crippen molar-refractivity contribution in [1.29, 1.82) is 0 Å². The number of piperidine rings is 1. The summed E-state index contributed by atoms with van der Waals surface area (Å²) in [4.78, 5) is 19.0. The SMILES string of the molecule is Cc1cn(C)c([C@H]2CCCN(C(=O)c3ccsc3)C2)n1. The van der Waals surface area contributed by atoms with E-state index in [0.717, 1.165) is 43.0 Å². The highest BCUT2D eigenvalue weighted by Gasteiger charge is 2.27. The first-order valence-electron chi connectivity index (χ1n) is 6.96. The summed E-state index contributed by atoms with van der Waals surface area (Å²) < 4.78 is 2.10. The fraction of sp³-hybridized carbons (Fsp3) is 0.467. The molecule has 20 heavy (non-hydrogen) atoms. The van der Waals surface area contributed by atoms with E-state index in [0.29, 0.717) is 5.92 Å². The summed E-state index contributed by atoms with van der Waals surface area (Å²) in [7, 11) is 2.04. The van der Waals surface area contributed by atoms with Crippen LogP contribution in [0.2, 0.25) is 0 Å². The molecule has 0 unspecified atom stereocenters. The zero-order chi connectivity index (χ0) is 14.1. The Balaban J connectivity index is 1.77. The first-order valence-corrected chi connectivity index (χ1v) is 7.91. The maximum absolute atomic E-state index is 12.4. The fourth-order valence-corrected chi connectivity index (χ4v) is 3.58. The van der Waals surface area contributed by atoms with Crippen LogP contribution in [0.4, 0.5) is 0 Å². The molecule has 1 aliphatic heterocycles.